The Labute approximate surface area is 199 Å². The summed E-state index contributed by atoms with van der Waals surface area (Å²) in [5, 5.41) is 13.2. The van der Waals surface area contributed by atoms with Crippen LogP contribution in [0.5, 0.6) is 0 Å². The number of carbonyl (C=O) groups excluding carboxylic acids is 2. The van der Waals surface area contributed by atoms with Gasteiger partial charge in [0.2, 0.25) is 21.8 Å². The summed E-state index contributed by atoms with van der Waals surface area (Å²) in [4.78, 5) is 34.0. The number of hydrogen-bond donors (Lipinski definition) is 3. The third-order valence-corrected chi connectivity index (χ3v) is 6.68. The highest BCUT2D eigenvalue weighted by atomic mass is 32.2. The molecule has 0 aliphatic rings. The number of nitrogens with zero attached hydrogens (tertiary/aromatic N) is 3. The average Bonchev–Trinajstić information content (AvgIpc) is 2.80. The summed E-state index contributed by atoms with van der Waals surface area (Å²) in [6.45, 7) is 1.37. The number of benzene rings is 2. The van der Waals surface area contributed by atoms with E-state index < -0.39 is 27.8 Å². The normalized spacial score (nSPS) is 12.1. The molecular formula is C23H26N6O4S. The van der Waals surface area contributed by atoms with Crippen LogP contribution in [0.15, 0.2) is 72.0 Å². The molecule has 10 nitrogen and oxygen atoms in total. The summed E-state index contributed by atoms with van der Waals surface area (Å²) in [5.74, 6) is -2.77. The number of rotatable bonds is 8. The highest BCUT2D eigenvalue weighted by Crippen LogP contribution is 2.21. The molecule has 1 atom stereocenters. The first-order valence-electron chi connectivity index (χ1n) is 10.2. The zero-order chi connectivity index (χ0) is 24.9. The van der Waals surface area contributed by atoms with Crippen molar-refractivity contribution >= 4 is 38.9 Å². The summed E-state index contributed by atoms with van der Waals surface area (Å²) >= 11 is 0. The molecule has 1 heterocycles. The minimum Gasteiger partial charge on any atom is -0.325 e. The Bertz CT molecular complexity index is 1320. The van der Waals surface area contributed by atoms with E-state index in [2.05, 4.69) is 20.6 Å². The molecule has 0 aliphatic heterocycles. The lowest BCUT2D eigenvalue weighted by atomic mass is 10.0. The summed E-state index contributed by atoms with van der Waals surface area (Å²) in [7, 11) is -0.768. The number of hydrogen-bond acceptors (Lipinski definition) is 7. The predicted molar refractivity (Wildman–Crippen MR) is 131 cm³/mol. The highest BCUT2D eigenvalue weighted by molar-refractivity contribution is 7.89. The Morgan fingerprint density at radius 1 is 1.00 bits per heavy atom. The first kappa shape index (κ1) is 24.7. The van der Waals surface area contributed by atoms with E-state index in [0.717, 1.165) is 9.87 Å². The lowest BCUT2D eigenvalue weighted by Crippen LogP contribution is -2.38. The van der Waals surface area contributed by atoms with Crippen molar-refractivity contribution in [2.24, 2.45) is 5.92 Å². The molecule has 11 heteroatoms. The van der Waals surface area contributed by atoms with Gasteiger partial charge in [-0.15, -0.1) is 0 Å². The quantitative estimate of drug-likeness (QED) is 0.332. The van der Waals surface area contributed by atoms with Crippen LogP contribution in [0.2, 0.25) is 0 Å². The molecule has 1 unspecified atom stereocenters. The summed E-state index contributed by atoms with van der Waals surface area (Å²) in [6, 6.07) is 12.5. The SMILES string of the molecule is CC(=N)C(C(=O)Nc1ccc(S(=O)(=O)N(C)C)cc1)C(=O)Nc1cccc(-c2cnccn2)c1.[HH]. The summed E-state index contributed by atoms with van der Waals surface area (Å²) < 4.78 is 25.5. The van der Waals surface area contributed by atoms with Crippen LogP contribution >= 0.6 is 0 Å². The Morgan fingerprint density at radius 2 is 1.65 bits per heavy atom. The molecule has 2 amide bonds. The van der Waals surface area contributed by atoms with Crippen LogP contribution in [-0.4, -0.2) is 54.3 Å². The van der Waals surface area contributed by atoms with Crippen molar-refractivity contribution in [3.05, 3.63) is 67.1 Å². The minimum absolute atomic E-state index is 0. The van der Waals surface area contributed by atoms with Gasteiger partial charge in [0.1, 0.15) is 0 Å². The molecule has 34 heavy (non-hydrogen) atoms. The number of anilines is 2. The predicted octanol–water partition coefficient (Wildman–Crippen LogP) is 2.87. The van der Waals surface area contributed by atoms with Crippen molar-refractivity contribution < 1.29 is 19.4 Å². The average molecular weight is 483 g/mol. The van der Waals surface area contributed by atoms with Crippen LogP contribution in [0.4, 0.5) is 11.4 Å². The number of carbonyl (C=O) groups is 2. The second kappa shape index (κ2) is 10.3. The Kier molecular flexibility index (Phi) is 7.49. The van der Waals surface area contributed by atoms with Crippen LogP contribution < -0.4 is 10.6 Å². The van der Waals surface area contributed by atoms with E-state index in [1.807, 2.05) is 6.07 Å². The van der Waals surface area contributed by atoms with E-state index in [9.17, 15) is 18.0 Å². The van der Waals surface area contributed by atoms with Crippen LogP contribution in [-0.2, 0) is 19.6 Å². The maximum absolute atomic E-state index is 12.9. The van der Waals surface area contributed by atoms with Crippen molar-refractivity contribution in [3.8, 4) is 11.3 Å². The van der Waals surface area contributed by atoms with Crippen molar-refractivity contribution in [1.29, 1.82) is 5.41 Å². The van der Waals surface area contributed by atoms with Crippen molar-refractivity contribution in [2.75, 3.05) is 24.7 Å². The lowest BCUT2D eigenvalue weighted by Gasteiger charge is -2.17. The largest absolute Gasteiger partial charge is 0.325 e. The van der Waals surface area contributed by atoms with Gasteiger partial charge in [-0.1, -0.05) is 12.1 Å². The Balaban J connectivity index is 0.00000432. The number of amides is 2. The monoisotopic (exact) mass is 482 g/mol. The molecule has 0 saturated carbocycles. The first-order chi connectivity index (χ1) is 16.1. The second-order valence-electron chi connectivity index (χ2n) is 7.58. The fourth-order valence-electron chi connectivity index (χ4n) is 3.07. The smallest absolute Gasteiger partial charge is 0.242 e. The molecule has 0 saturated heterocycles. The standard InChI is InChI=1S/C23H24N6O4S.H2/c1-15(24)21(22(30)27-17-7-9-19(10-8-17)34(32,33)29(2)3)23(31)28-18-6-4-5-16(13-18)20-14-25-11-12-26-20;/h4-14,21,24H,1-3H3,(H,27,30)(H,28,31);1H. The number of nitrogens with one attached hydrogen (secondary N) is 3. The second-order valence-corrected chi connectivity index (χ2v) is 9.73. The molecular weight excluding hydrogens is 456 g/mol. The molecule has 0 fully saturated rings. The van der Waals surface area contributed by atoms with Gasteiger partial charge in [0.15, 0.2) is 5.92 Å². The zero-order valence-electron chi connectivity index (χ0n) is 18.8. The van der Waals surface area contributed by atoms with E-state index in [0.29, 0.717) is 17.1 Å². The molecule has 3 aromatic rings. The number of aromatic nitrogens is 2. The summed E-state index contributed by atoms with van der Waals surface area (Å²) in [6.07, 6.45) is 4.70. The van der Waals surface area contributed by atoms with Crippen molar-refractivity contribution in [2.45, 2.75) is 11.8 Å². The molecule has 3 N–H and O–H groups in total. The Hall–Kier alpha value is -3.96. The van der Waals surface area contributed by atoms with E-state index >= 15 is 0 Å². The fourth-order valence-corrected chi connectivity index (χ4v) is 3.97. The fraction of sp³-hybridized carbons (Fsp3) is 0.174. The lowest BCUT2D eigenvalue weighted by molar-refractivity contribution is -0.126. The van der Waals surface area contributed by atoms with Gasteiger partial charge < -0.3 is 16.0 Å². The van der Waals surface area contributed by atoms with Crippen LogP contribution in [0.1, 0.15) is 8.35 Å². The van der Waals surface area contributed by atoms with Crippen LogP contribution in [0, 0.1) is 11.3 Å². The van der Waals surface area contributed by atoms with E-state index in [4.69, 9.17) is 5.41 Å². The van der Waals surface area contributed by atoms with Gasteiger partial charge in [0, 0.05) is 50.6 Å². The van der Waals surface area contributed by atoms with Gasteiger partial charge >= 0.3 is 0 Å². The van der Waals surface area contributed by atoms with E-state index in [-0.39, 0.29) is 12.0 Å². The van der Waals surface area contributed by atoms with Gasteiger partial charge in [-0.3, -0.25) is 19.6 Å². The maximum Gasteiger partial charge on any atom is 0.242 e. The Morgan fingerprint density at radius 3 is 2.21 bits per heavy atom. The topological polar surface area (TPSA) is 145 Å². The van der Waals surface area contributed by atoms with Crippen LogP contribution in [0.25, 0.3) is 11.3 Å². The molecule has 2 aromatic carbocycles. The highest BCUT2D eigenvalue weighted by Gasteiger charge is 2.29. The van der Waals surface area contributed by atoms with Crippen molar-refractivity contribution in [1.82, 2.24) is 14.3 Å². The molecule has 0 radical (unpaired) electrons. The molecule has 0 bridgehead atoms. The number of sulfonamides is 1. The molecule has 0 aliphatic carbocycles. The minimum atomic E-state index is -3.61. The molecule has 1 aromatic heterocycles. The zero-order valence-corrected chi connectivity index (χ0v) is 19.6. The van der Waals surface area contributed by atoms with Gasteiger partial charge in [-0.05, 0) is 43.3 Å². The summed E-state index contributed by atoms with van der Waals surface area (Å²) in [5.41, 5.74) is 1.94. The van der Waals surface area contributed by atoms with Gasteiger partial charge in [-0.2, -0.15) is 0 Å². The first-order valence-corrected chi connectivity index (χ1v) is 11.6. The van der Waals surface area contributed by atoms with Crippen molar-refractivity contribution in [3.63, 3.8) is 0 Å². The van der Waals surface area contributed by atoms with Gasteiger partial charge in [-0.25, -0.2) is 12.7 Å². The van der Waals surface area contributed by atoms with E-state index in [1.54, 1.807) is 36.8 Å². The third-order valence-electron chi connectivity index (χ3n) is 4.85. The van der Waals surface area contributed by atoms with E-state index in [1.165, 1.54) is 45.3 Å². The maximum atomic E-state index is 12.9. The molecule has 178 valence electrons. The molecule has 3 rings (SSSR count). The van der Waals surface area contributed by atoms with Crippen LogP contribution in [0.3, 0.4) is 0 Å². The van der Waals surface area contributed by atoms with Gasteiger partial charge in [0.05, 0.1) is 16.8 Å². The van der Waals surface area contributed by atoms with Gasteiger partial charge in [0.25, 0.3) is 0 Å². The molecule has 0 spiro atoms. The third kappa shape index (κ3) is 5.69.